The summed E-state index contributed by atoms with van der Waals surface area (Å²) in [4.78, 5) is 12.5. The lowest BCUT2D eigenvalue weighted by Crippen LogP contribution is -2.24. The van der Waals surface area contributed by atoms with Crippen molar-refractivity contribution in [2.75, 3.05) is 5.32 Å². The van der Waals surface area contributed by atoms with Crippen molar-refractivity contribution in [3.63, 3.8) is 0 Å². The minimum atomic E-state index is -0.275. The molecule has 3 aromatic rings. The fraction of sp³-hybridized carbons (Fsp3) is 0.267. The monoisotopic (exact) mass is 438 g/mol. The maximum atomic E-state index is 12.5. The van der Waals surface area contributed by atoms with Crippen LogP contribution in [-0.2, 0) is 11.8 Å². The molecular formula is C15H15BrN6OS2. The zero-order chi connectivity index (χ0) is 17.8. The van der Waals surface area contributed by atoms with E-state index in [9.17, 15) is 4.79 Å². The molecule has 0 aliphatic rings. The Morgan fingerprint density at radius 3 is 2.72 bits per heavy atom. The van der Waals surface area contributed by atoms with Crippen LogP contribution in [0.3, 0.4) is 0 Å². The molecule has 0 fully saturated rings. The standard InChI is InChI=1S/C15H15BrN6OS2/c1-3-11(24-15-21-17-8-22(15)2)12(23)18-14-20-19-13(25-14)9-4-6-10(16)7-5-9/h4-8,11H,3H2,1-2H3,(H,18,20,23). The van der Waals surface area contributed by atoms with Crippen LogP contribution in [0.25, 0.3) is 10.6 Å². The highest BCUT2D eigenvalue weighted by molar-refractivity contribution is 9.10. The average Bonchev–Trinajstić information content (AvgIpc) is 3.22. The van der Waals surface area contributed by atoms with Gasteiger partial charge in [-0.1, -0.05) is 58.1 Å². The number of aromatic nitrogens is 5. The number of thioether (sulfide) groups is 1. The molecule has 0 aliphatic carbocycles. The number of hydrogen-bond acceptors (Lipinski definition) is 7. The van der Waals surface area contributed by atoms with Crippen LogP contribution in [0.5, 0.6) is 0 Å². The molecule has 3 rings (SSSR count). The van der Waals surface area contributed by atoms with Gasteiger partial charge >= 0.3 is 0 Å². The third-order valence-electron chi connectivity index (χ3n) is 3.33. The van der Waals surface area contributed by atoms with Gasteiger partial charge in [-0.15, -0.1) is 20.4 Å². The van der Waals surface area contributed by atoms with Gasteiger partial charge in [-0.05, 0) is 18.6 Å². The molecule has 1 aromatic carbocycles. The molecule has 25 heavy (non-hydrogen) atoms. The number of amides is 1. The van der Waals surface area contributed by atoms with Crippen molar-refractivity contribution in [3.8, 4) is 10.6 Å². The first-order chi connectivity index (χ1) is 12.1. The van der Waals surface area contributed by atoms with Crippen molar-refractivity contribution in [2.45, 2.75) is 23.8 Å². The van der Waals surface area contributed by atoms with Gasteiger partial charge in [0.2, 0.25) is 11.0 Å². The summed E-state index contributed by atoms with van der Waals surface area (Å²) in [5.74, 6) is -0.117. The van der Waals surface area contributed by atoms with Gasteiger partial charge in [-0.25, -0.2) is 0 Å². The van der Waals surface area contributed by atoms with E-state index in [1.165, 1.54) is 23.1 Å². The van der Waals surface area contributed by atoms with Crippen LogP contribution in [0.1, 0.15) is 13.3 Å². The summed E-state index contributed by atoms with van der Waals surface area (Å²) in [6, 6.07) is 7.79. The lowest BCUT2D eigenvalue weighted by molar-refractivity contribution is -0.115. The largest absolute Gasteiger partial charge is 0.312 e. The van der Waals surface area contributed by atoms with E-state index in [1.807, 2.05) is 38.2 Å². The Hall–Kier alpha value is -1.78. The molecule has 2 heterocycles. The Balaban J connectivity index is 1.68. The molecule has 7 nitrogen and oxygen atoms in total. The molecule has 1 atom stereocenters. The van der Waals surface area contributed by atoms with Crippen LogP contribution in [0.4, 0.5) is 5.13 Å². The number of benzene rings is 1. The summed E-state index contributed by atoms with van der Waals surface area (Å²) in [5, 5.41) is 20.6. The Labute approximate surface area is 161 Å². The minimum absolute atomic E-state index is 0.117. The first kappa shape index (κ1) is 18.0. The third-order valence-corrected chi connectivity index (χ3v) is 6.16. The van der Waals surface area contributed by atoms with E-state index in [0.717, 1.165) is 15.0 Å². The van der Waals surface area contributed by atoms with Crippen molar-refractivity contribution < 1.29 is 4.79 Å². The number of halogens is 1. The molecule has 130 valence electrons. The highest BCUT2D eigenvalue weighted by Gasteiger charge is 2.21. The second kappa shape index (κ2) is 8.07. The van der Waals surface area contributed by atoms with Gasteiger partial charge in [0.15, 0.2) is 5.16 Å². The van der Waals surface area contributed by atoms with Crippen LogP contribution in [0.2, 0.25) is 0 Å². The maximum Gasteiger partial charge on any atom is 0.239 e. The van der Waals surface area contributed by atoms with Crippen molar-refractivity contribution in [1.29, 1.82) is 0 Å². The van der Waals surface area contributed by atoms with E-state index < -0.39 is 0 Å². The normalized spacial score (nSPS) is 12.1. The average molecular weight is 439 g/mol. The number of hydrogen-bond donors (Lipinski definition) is 1. The molecule has 10 heteroatoms. The number of anilines is 1. The van der Waals surface area contributed by atoms with Crippen molar-refractivity contribution in [2.24, 2.45) is 7.05 Å². The fourth-order valence-electron chi connectivity index (χ4n) is 2.00. The number of aryl methyl sites for hydroxylation is 1. The molecular weight excluding hydrogens is 424 g/mol. The summed E-state index contributed by atoms with van der Waals surface area (Å²) < 4.78 is 2.79. The third kappa shape index (κ3) is 4.44. The molecule has 0 radical (unpaired) electrons. The van der Waals surface area contributed by atoms with Crippen LogP contribution in [0, 0.1) is 0 Å². The molecule has 1 amide bonds. The van der Waals surface area contributed by atoms with E-state index in [2.05, 4.69) is 41.6 Å². The highest BCUT2D eigenvalue weighted by Crippen LogP contribution is 2.29. The van der Waals surface area contributed by atoms with E-state index in [4.69, 9.17) is 0 Å². The number of carbonyl (C=O) groups is 1. The van der Waals surface area contributed by atoms with Gasteiger partial charge in [-0.3, -0.25) is 10.1 Å². The van der Waals surface area contributed by atoms with Gasteiger partial charge in [0.25, 0.3) is 0 Å². The topological polar surface area (TPSA) is 85.6 Å². The summed E-state index contributed by atoms with van der Waals surface area (Å²) in [6.07, 6.45) is 2.28. The number of nitrogens with zero attached hydrogens (tertiary/aromatic N) is 5. The predicted octanol–water partition coefficient (Wildman–Crippen LogP) is 3.61. The Morgan fingerprint density at radius 2 is 2.08 bits per heavy atom. The molecule has 0 aliphatic heterocycles. The SMILES string of the molecule is CCC(Sc1nncn1C)C(=O)Nc1nnc(-c2ccc(Br)cc2)s1. The molecule has 1 N–H and O–H groups in total. The van der Waals surface area contributed by atoms with Gasteiger partial charge in [0, 0.05) is 17.1 Å². The summed E-state index contributed by atoms with van der Waals surface area (Å²) in [5.41, 5.74) is 0.960. The fourth-order valence-corrected chi connectivity index (χ4v) is 3.91. The Bertz CT molecular complexity index is 863. The first-order valence-electron chi connectivity index (χ1n) is 7.47. The molecule has 0 saturated carbocycles. The minimum Gasteiger partial charge on any atom is -0.312 e. The number of rotatable bonds is 6. The van der Waals surface area contributed by atoms with Gasteiger partial charge < -0.3 is 4.57 Å². The zero-order valence-electron chi connectivity index (χ0n) is 13.5. The Morgan fingerprint density at radius 1 is 1.32 bits per heavy atom. The number of nitrogens with one attached hydrogen (secondary N) is 1. The lowest BCUT2D eigenvalue weighted by Gasteiger charge is -2.12. The van der Waals surface area contributed by atoms with Gasteiger partial charge in [-0.2, -0.15) is 0 Å². The van der Waals surface area contributed by atoms with E-state index in [0.29, 0.717) is 16.7 Å². The molecule has 0 bridgehead atoms. The second-order valence-electron chi connectivity index (χ2n) is 5.15. The van der Waals surface area contributed by atoms with Crippen LogP contribution in [-0.4, -0.2) is 36.1 Å². The number of carbonyl (C=O) groups excluding carboxylic acids is 1. The maximum absolute atomic E-state index is 12.5. The molecule has 0 saturated heterocycles. The summed E-state index contributed by atoms with van der Waals surface area (Å²) in [7, 11) is 1.85. The molecule has 1 unspecified atom stereocenters. The van der Waals surface area contributed by atoms with Gasteiger partial charge in [0.05, 0.1) is 5.25 Å². The van der Waals surface area contributed by atoms with E-state index >= 15 is 0 Å². The lowest BCUT2D eigenvalue weighted by atomic mass is 10.2. The van der Waals surface area contributed by atoms with E-state index in [-0.39, 0.29) is 11.2 Å². The summed E-state index contributed by atoms with van der Waals surface area (Å²) >= 11 is 6.14. The molecule has 0 spiro atoms. The van der Waals surface area contributed by atoms with Crippen molar-refractivity contribution in [3.05, 3.63) is 35.1 Å². The van der Waals surface area contributed by atoms with Gasteiger partial charge in [0.1, 0.15) is 11.3 Å². The van der Waals surface area contributed by atoms with E-state index in [1.54, 1.807) is 10.9 Å². The van der Waals surface area contributed by atoms with Crippen molar-refractivity contribution in [1.82, 2.24) is 25.0 Å². The van der Waals surface area contributed by atoms with Crippen LogP contribution < -0.4 is 5.32 Å². The van der Waals surface area contributed by atoms with Crippen molar-refractivity contribution >= 4 is 50.1 Å². The van der Waals surface area contributed by atoms with Crippen LogP contribution in [0.15, 0.2) is 40.2 Å². The summed E-state index contributed by atoms with van der Waals surface area (Å²) in [6.45, 7) is 1.96. The second-order valence-corrected chi connectivity index (χ2v) is 8.21. The van der Waals surface area contributed by atoms with Crippen LogP contribution >= 0.6 is 39.0 Å². The highest BCUT2D eigenvalue weighted by atomic mass is 79.9. The predicted molar refractivity (Wildman–Crippen MR) is 103 cm³/mol. The first-order valence-corrected chi connectivity index (χ1v) is 9.96. The smallest absolute Gasteiger partial charge is 0.239 e. The molecule has 2 aromatic heterocycles. The Kier molecular flexibility index (Phi) is 5.82. The quantitative estimate of drug-likeness (QED) is 0.591. The zero-order valence-corrected chi connectivity index (χ0v) is 16.7.